The molecule has 0 saturated heterocycles. The molecule has 0 fully saturated rings. The fraction of sp³-hybridized carbons (Fsp3) is 0.476. The lowest BCUT2D eigenvalue weighted by Gasteiger charge is -2.31. The third-order valence-electron chi connectivity index (χ3n) is 5.06. The second-order valence-corrected chi connectivity index (χ2v) is 9.88. The quantitative estimate of drug-likeness (QED) is 0.209. The Bertz CT molecular complexity index is 1090. The van der Waals surface area contributed by atoms with Gasteiger partial charge in [-0.05, 0) is 37.8 Å². The van der Waals surface area contributed by atoms with Crippen LogP contribution in [0.2, 0.25) is 0 Å². The predicted molar refractivity (Wildman–Crippen MR) is 124 cm³/mol. The summed E-state index contributed by atoms with van der Waals surface area (Å²) in [6.07, 6.45) is 5.69. The molecule has 1 atom stereocenters. The molecule has 1 heterocycles. The van der Waals surface area contributed by atoms with E-state index >= 15 is 0 Å². The zero-order chi connectivity index (χ0) is 25.4. The lowest BCUT2D eigenvalue weighted by molar-refractivity contribution is 0.0881. The van der Waals surface area contributed by atoms with Crippen molar-refractivity contribution in [3.05, 3.63) is 47.3 Å². The minimum absolute atomic E-state index is 0.0691. The summed E-state index contributed by atoms with van der Waals surface area (Å²) >= 11 is 0. The van der Waals surface area contributed by atoms with Crippen molar-refractivity contribution >= 4 is 27.5 Å². The lowest BCUT2D eigenvalue weighted by atomic mass is 9.96. The number of hydrogen-bond donors (Lipinski definition) is 5. The van der Waals surface area contributed by atoms with Crippen molar-refractivity contribution in [3.63, 3.8) is 0 Å². The number of anilines is 1. The van der Waals surface area contributed by atoms with Crippen molar-refractivity contribution in [2.45, 2.75) is 51.1 Å². The molecule has 10 nitrogen and oxygen atoms in total. The summed E-state index contributed by atoms with van der Waals surface area (Å²) in [6.45, 7) is 2.22. The van der Waals surface area contributed by atoms with Gasteiger partial charge in [-0.2, -0.15) is 5.10 Å². The molecule has 1 aromatic carbocycles. The first-order chi connectivity index (χ1) is 16.0. The van der Waals surface area contributed by atoms with E-state index in [0.717, 1.165) is 43.5 Å². The van der Waals surface area contributed by atoms with Crippen molar-refractivity contribution in [2.24, 2.45) is 5.73 Å². The van der Waals surface area contributed by atoms with Gasteiger partial charge in [0, 0.05) is 6.54 Å². The number of nitrogens with zero attached hydrogens (tertiary/aromatic N) is 1. The van der Waals surface area contributed by atoms with Crippen molar-refractivity contribution in [1.29, 1.82) is 0 Å². The Morgan fingerprint density at radius 2 is 1.76 bits per heavy atom. The van der Waals surface area contributed by atoms with E-state index in [1.807, 2.05) is 6.92 Å². The maximum absolute atomic E-state index is 13.9. The molecule has 0 spiro atoms. The number of hydrogen-bond acceptors (Lipinski definition) is 6. The minimum Gasteiger partial charge on any atom is -0.333 e. The first-order valence-corrected chi connectivity index (χ1v) is 12.7. The number of rotatable bonds is 13. The highest BCUT2D eigenvalue weighted by Crippen LogP contribution is 2.20. The summed E-state index contributed by atoms with van der Waals surface area (Å²) in [5, 5.41) is 11.2. The van der Waals surface area contributed by atoms with Gasteiger partial charge >= 0.3 is 0 Å². The van der Waals surface area contributed by atoms with Crippen LogP contribution in [0.1, 0.15) is 66.3 Å². The molecule has 2 aromatic rings. The summed E-state index contributed by atoms with van der Waals surface area (Å²) in [5.41, 5.74) is 4.37. The summed E-state index contributed by atoms with van der Waals surface area (Å²) < 4.78 is 52.6. The standard InChI is InChI=1S/C21H30F2N6O4S/c1-3-4-10-21(24,11-5-6-12-26-34(2,32)33)28-20(31)18-16(13-25-29-18)27-19(30)17-14(22)8-7-9-15(17)23/h7-9,13,26H,3-6,10-12,24H2,1-2H3,(H,25,29)(H,27,30)(H,28,31). The van der Waals surface area contributed by atoms with Gasteiger partial charge in [0.2, 0.25) is 10.0 Å². The van der Waals surface area contributed by atoms with Crippen LogP contribution in [0.3, 0.4) is 0 Å². The highest BCUT2D eigenvalue weighted by Gasteiger charge is 2.29. The zero-order valence-electron chi connectivity index (χ0n) is 19.1. The van der Waals surface area contributed by atoms with Gasteiger partial charge in [0.1, 0.15) is 22.9 Å². The Morgan fingerprint density at radius 1 is 1.12 bits per heavy atom. The molecule has 13 heteroatoms. The monoisotopic (exact) mass is 500 g/mol. The summed E-state index contributed by atoms with van der Waals surface area (Å²) in [5.74, 6) is -3.82. The van der Waals surface area contributed by atoms with Crippen LogP contribution >= 0.6 is 0 Å². The van der Waals surface area contributed by atoms with E-state index in [-0.39, 0.29) is 17.9 Å². The number of aromatic nitrogens is 2. The molecular weight excluding hydrogens is 470 g/mol. The van der Waals surface area contributed by atoms with E-state index in [2.05, 4.69) is 25.6 Å². The fourth-order valence-electron chi connectivity index (χ4n) is 3.31. The predicted octanol–water partition coefficient (Wildman–Crippen LogP) is 2.23. The molecule has 1 unspecified atom stereocenters. The highest BCUT2D eigenvalue weighted by atomic mass is 32.2. The maximum atomic E-state index is 13.9. The number of benzene rings is 1. The number of unbranched alkanes of at least 4 members (excludes halogenated alkanes) is 2. The smallest absolute Gasteiger partial charge is 0.272 e. The minimum atomic E-state index is -3.29. The first-order valence-electron chi connectivity index (χ1n) is 10.8. The Morgan fingerprint density at radius 3 is 2.38 bits per heavy atom. The molecular formula is C21H30F2N6O4S. The molecule has 0 aliphatic carbocycles. The fourth-order valence-corrected chi connectivity index (χ4v) is 3.82. The molecule has 2 amide bonds. The van der Waals surface area contributed by atoms with Gasteiger partial charge in [0.25, 0.3) is 11.8 Å². The SMILES string of the molecule is CCCCC(N)(CCCCNS(C)(=O)=O)NC(=O)c1[nH]ncc1NC(=O)c1c(F)cccc1F. The number of carbonyl (C=O) groups excluding carboxylic acids is 2. The molecule has 0 aliphatic heterocycles. The van der Waals surface area contributed by atoms with Gasteiger partial charge in [-0.25, -0.2) is 21.9 Å². The van der Waals surface area contributed by atoms with Crippen LogP contribution in [0.15, 0.2) is 24.4 Å². The van der Waals surface area contributed by atoms with Crippen LogP contribution in [0, 0.1) is 11.6 Å². The lowest BCUT2D eigenvalue weighted by Crippen LogP contribution is -2.56. The number of amides is 2. The largest absolute Gasteiger partial charge is 0.333 e. The van der Waals surface area contributed by atoms with E-state index < -0.39 is 44.7 Å². The van der Waals surface area contributed by atoms with Gasteiger partial charge in [0.15, 0.2) is 0 Å². The van der Waals surface area contributed by atoms with Crippen LogP contribution in [0.4, 0.5) is 14.5 Å². The second kappa shape index (κ2) is 12.0. The Hall–Kier alpha value is -2.90. The molecule has 0 saturated carbocycles. The van der Waals surface area contributed by atoms with Crippen molar-refractivity contribution in [1.82, 2.24) is 20.2 Å². The number of nitrogens with two attached hydrogens (primary N) is 1. The molecule has 2 rings (SSSR count). The van der Waals surface area contributed by atoms with Crippen LogP contribution in [0.25, 0.3) is 0 Å². The third-order valence-corrected chi connectivity index (χ3v) is 5.79. The molecule has 0 radical (unpaired) electrons. The Labute approximate surface area is 197 Å². The number of carbonyl (C=O) groups is 2. The van der Waals surface area contributed by atoms with Gasteiger partial charge < -0.3 is 16.4 Å². The molecule has 0 bridgehead atoms. The van der Waals surface area contributed by atoms with Gasteiger partial charge in [-0.15, -0.1) is 0 Å². The Balaban J connectivity index is 2.08. The summed E-state index contributed by atoms with van der Waals surface area (Å²) in [4.78, 5) is 25.3. The van der Waals surface area contributed by atoms with Crippen molar-refractivity contribution in [3.8, 4) is 0 Å². The molecule has 1 aromatic heterocycles. The topological polar surface area (TPSA) is 159 Å². The van der Waals surface area contributed by atoms with Crippen LogP contribution in [0.5, 0.6) is 0 Å². The van der Waals surface area contributed by atoms with Crippen molar-refractivity contribution < 1.29 is 26.8 Å². The van der Waals surface area contributed by atoms with Gasteiger partial charge in [-0.1, -0.05) is 25.8 Å². The van der Waals surface area contributed by atoms with Crippen LogP contribution < -0.4 is 21.1 Å². The number of aromatic amines is 1. The summed E-state index contributed by atoms with van der Waals surface area (Å²) in [7, 11) is -3.29. The third kappa shape index (κ3) is 8.15. The van der Waals surface area contributed by atoms with E-state index in [9.17, 15) is 26.8 Å². The zero-order valence-corrected chi connectivity index (χ0v) is 19.9. The average Bonchev–Trinajstić information content (AvgIpc) is 3.19. The van der Waals surface area contributed by atoms with Gasteiger partial charge in [-0.3, -0.25) is 14.7 Å². The number of sulfonamides is 1. The van der Waals surface area contributed by atoms with Crippen molar-refractivity contribution in [2.75, 3.05) is 18.1 Å². The van der Waals surface area contributed by atoms with E-state index in [1.54, 1.807) is 0 Å². The molecule has 0 aliphatic rings. The maximum Gasteiger partial charge on any atom is 0.272 e. The van der Waals surface area contributed by atoms with E-state index in [1.165, 1.54) is 0 Å². The highest BCUT2D eigenvalue weighted by molar-refractivity contribution is 7.88. The van der Waals surface area contributed by atoms with Crippen LogP contribution in [-0.4, -0.2) is 48.9 Å². The van der Waals surface area contributed by atoms with E-state index in [4.69, 9.17) is 5.73 Å². The summed E-state index contributed by atoms with van der Waals surface area (Å²) in [6, 6.07) is 3.03. The number of halogens is 2. The molecule has 6 N–H and O–H groups in total. The molecule has 188 valence electrons. The first kappa shape index (κ1) is 27.3. The Kier molecular flexibility index (Phi) is 9.65. The van der Waals surface area contributed by atoms with Crippen LogP contribution in [-0.2, 0) is 10.0 Å². The average molecular weight is 501 g/mol. The molecule has 34 heavy (non-hydrogen) atoms. The normalized spacial score (nSPS) is 13.3. The number of H-pyrrole nitrogens is 1. The van der Waals surface area contributed by atoms with E-state index in [0.29, 0.717) is 25.7 Å². The van der Waals surface area contributed by atoms with Gasteiger partial charge in [0.05, 0.1) is 23.8 Å². The second-order valence-electron chi connectivity index (χ2n) is 8.05. The number of nitrogens with one attached hydrogen (secondary N) is 4.